The van der Waals surface area contributed by atoms with Crippen LogP contribution in [0.15, 0.2) is 29.3 Å². The van der Waals surface area contributed by atoms with Gasteiger partial charge in [0.15, 0.2) is 5.96 Å². The van der Waals surface area contributed by atoms with Crippen LogP contribution >= 0.6 is 0 Å². The van der Waals surface area contributed by atoms with Gasteiger partial charge in [-0.1, -0.05) is 31.2 Å². The van der Waals surface area contributed by atoms with E-state index in [0.29, 0.717) is 18.5 Å². The molecule has 1 aliphatic rings. The van der Waals surface area contributed by atoms with Gasteiger partial charge in [-0.3, -0.25) is 4.90 Å². The Kier molecular flexibility index (Phi) is 6.68. The molecule has 1 heterocycles. The maximum absolute atomic E-state index is 5.94. The highest BCUT2D eigenvalue weighted by Gasteiger charge is 2.12. The van der Waals surface area contributed by atoms with Gasteiger partial charge in [0.25, 0.3) is 0 Å². The number of rotatable bonds is 6. The van der Waals surface area contributed by atoms with Crippen molar-refractivity contribution in [3.63, 3.8) is 0 Å². The van der Waals surface area contributed by atoms with Gasteiger partial charge >= 0.3 is 0 Å². The normalized spacial score (nSPS) is 18.2. The molecule has 2 rings (SSSR count). The van der Waals surface area contributed by atoms with Crippen LogP contribution in [-0.2, 0) is 17.8 Å². The van der Waals surface area contributed by atoms with Gasteiger partial charge < -0.3 is 15.8 Å². The van der Waals surface area contributed by atoms with E-state index in [2.05, 4.69) is 53.3 Å². The van der Waals surface area contributed by atoms with Crippen LogP contribution in [0.5, 0.6) is 0 Å². The first-order valence-electron chi connectivity index (χ1n) is 8.12. The zero-order valence-corrected chi connectivity index (χ0v) is 13.7. The number of hydrogen-bond acceptors (Lipinski definition) is 3. The Morgan fingerprint density at radius 3 is 2.68 bits per heavy atom. The standard InChI is InChI=1S/C17H28N4O/c1-3-14(2)20-17(18)19-12-15-6-4-5-7-16(15)13-21-8-10-22-11-9-21/h4-7,14H,3,8-13H2,1-2H3,(H3,18,19,20). The molecule has 1 saturated heterocycles. The largest absolute Gasteiger partial charge is 0.379 e. The minimum absolute atomic E-state index is 0.354. The Morgan fingerprint density at radius 2 is 2.00 bits per heavy atom. The molecule has 3 N–H and O–H groups in total. The van der Waals surface area contributed by atoms with E-state index in [-0.39, 0.29) is 0 Å². The summed E-state index contributed by atoms with van der Waals surface area (Å²) in [7, 11) is 0. The highest BCUT2D eigenvalue weighted by atomic mass is 16.5. The fourth-order valence-electron chi connectivity index (χ4n) is 2.44. The molecule has 5 nitrogen and oxygen atoms in total. The summed E-state index contributed by atoms with van der Waals surface area (Å²) in [5.41, 5.74) is 8.51. The van der Waals surface area contributed by atoms with Gasteiger partial charge in [-0.2, -0.15) is 0 Å². The SMILES string of the molecule is CCC(C)NC(N)=NCc1ccccc1CN1CCOCC1. The average molecular weight is 304 g/mol. The Bertz CT molecular complexity index is 483. The topological polar surface area (TPSA) is 62.9 Å². The van der Waals surface area contributed by atoms with Crippen LogP contribution in [0.3, 0.4) is 0 Å². The quantitative estimate of drug-likeness (QED) is 0.620. The van der Waals surface area contributed by atoms with Crippen LogP contribution in [0.2, 0.25) is 0 Å². The van der Waals surface area contributed by atoms with Crippen molar-refractivity contribution in [2.45, 2.75) is 39.4 Å². The number of morpholine rings is 1. The fourth-order valence-corrected chi connectivity index (χ4v) is 2.44. The van der Waals surface area contributed by atoms with Crippen molar-refractivity contribution in [3.8, 4) is 0 Å². The summed E-state index contributed by atoms with van der Waals surface area (Å²) in [5.74, 6) is 0.524. The number of ether oxygens (including phenoxy) is 1. The van der Waals surface area contributed by atoms with Crippen molar-refractivity contribution in [2.24, 2.45) is 10.7 Å². The molecule has 1 aromatic carbocycles. The zero-order chi connectivity index (χ0) is 15.8. The molecule has 0 radical (unpaired) electrons. The Labute approximate surface area is 133 Å². The second kappa shape index (κ2) is 8.76. The highest BCUT2D eigenvalue weighted by Crippen LogP contribution is 2.14. The van der Waals surface area contributed by atoms with Gasteiger partial charge in [-0.05, 0) is 24.5 Å². The van der Waals surface area contributed by atoms with Crippen LogP contribution in [0.4, 0.5) is 0 Å². The number of hydrogen-bond donors (Lipinski definition) is 2. The van der Waals surface area contributed by atoms with Crippen molar-refractivity contribution in [2.75, 3.05) is 26.3 Å². The summed E-state index contributed by atoms with van der Waals surface area (Å²) in [4.78, 5) is 6.90. The first-order valence-corrected chi connectivity index (χ1v) is 8.12. The van der Waals surface area contributed by atoms with E-state index in [1.165, 1.54) is 11.1 Å². The number of guanidine groups is 1. The molecule has 1 aromatic rings. The molecular formula is C17H28N4O. The van der Waals surface area contributed by atoms with Gasteiger partial charge in [0.05, 0.1) is 19.8 Å². The summed E-state index contributed by atoms with van der Waals surface area (Å²) >= 11 is 0. The van der Waals surface area contributed by atoms with E-state index in [1.54, 1.807) is 0 Å². The molecular weight excluding hydrogens is 276 g/mol. The minimum Gasteiger partial charge on any atom is -0.379 e. The highest BCUT2D eigenvalue weighted by molar-refractivity contribution is 5.78. The van der Waals surface area contributed by atoms with Crippen molar-refractivity contribution < 1.29 is 4.74 Å². The van der Waals surface area contributed by atoms with Gasteiger partial charge in [0.2, 0.25) is 0 Å². The number of benzene rings is 1. The fraction of sp³-hybridized carbons (Fsp3) is 0.588. The third-order valence-electron chi connectivity index (χ3n) is 4.04. The number of aliphatic imine (C=N–C) groups is 1. The minimum atomic E-state index is 0.354. The molecule has 0 amide bonds. The second-order valence-electron chi connectivity index (χ2n) is 5.81. The van der Waals surface area contributed by atoms with E-state index < -0.39 is 0 Å². The molecule has 0 aromatic heterocycles. The zero-order valence-electron chi connectivity index (χ0n) is 13.7. The number of nitrogens with two attached hydrogens (primary N) is 1. The summed E-state index contributed by atoms with van der Waals surface area (Å²) in [6.07, 6.45) is 1.03. The van der Waals surface area contributed by atoms with Crippen molar-refractivity contribution in [3.05, 3.63) is 35.4 Å². The number of nitrogens with zero attached hydrogens (tertiary/aromatic N) is 2. The van der Waals surface area contributed by atoms with E-state index in [4.69, 9.17) is 10.5 Å². The van der Waals surface area contributed by atoms with E-state index >= 15 is 0 Å². The summed E-state index contributed by atoms with van der Waals surface area (Å²) < 4.78 is 5.41. The summed E-state index contributed by atoms with van der Waals surface area (Å²) in [6.45, 7) is 9.45. The molecule has 1 unspecified atom stereocenters. The van der Waals surface area contributed by atoms with E-state index in [1.807, 2.05) is 0 Å². The first-order chi connectivity index (χ1) is 10.7. The monoisotopic (exact) mass is 304 g/mol. The summed E-state index contributed by atoms with van der Waals surface area (Å²) in [5, 5.41) is 3.20. The van der Waals surface area contributed by atoms with Gasteiger partial charge in [0, 0.05) is 25.7 Å². The molecule has 5 heteroatoms. The maximum Gasteiger partial charge on any atom is 0.189 e. The molecule has 1 atom stereocenters. The lowest BCUT2D eigenvalue weighted by Crippen LogP contribution is -2.38. The molecule has 1 aliphatic heterocycles. The van der Waals surface area contributed by atoms with Gasteiger partial charge in [-0.25, -0.2) is 4.99 Å². The summed E-state index contributed by atoms with van der Waals surface area (Å²) in [6, 6.07) is 8.82. The van der Waals surface area contributed by atoms with E-state index in [9.17, 15) is 0 Å². The predicted octanol–water partition coefficient (Wildman–Crippen LogP) is 1.72. The molecule has 0 saturated carbocycles. The second-order valence-corrected chi connectivity index (χ2v) is 5.81. The maximum atomic E-state index is 5.94. The van der Waals surface area contributed by atoms with Crippen LogP contribution in [0.25, 0.3) is 0 Å². The Balaban J connectivity index is 1.97. The van der Waals surface area contributed by atoms with Crippen LogP contribution in [0.1, 0.15) is 31.4 Å². The lowest BCUT2D eigenvalue weighted by atomic mass is 10.1. The predicted molar refractivity (Wildman–Crippen MR) is 90.8 cm³/mol. The first kappa shape index (κ1) is 16.8. The van der Waals surface area contributed by atoms with Crippen LogP contribution in [0, 0.1) is 0 Å². The Morgan fingerprint density at radius 1 is 1.32 bits per heavy atom. The molecule has 122 valence electrons. The number of nitrogens with one attached hydrogen (secondary N) is 1. The molecule has 0 spiro atoms. The van der Waals surface area contributed by atoms with Gasteiger partial charge in [-0.15, -0.1) is 0 Å². The molecule has 0 aliphatic carbocycles. The lowest BCUT2D eigenvalue weighted by molar-refractivity contribution is 0.0341. The molecule has 0 bridgehead atoms. The van der Waals surface area contributed by atoms with Crippen LogP contribution in [-0.4, -0.2) is 43.2 Å². The smallest absolute Gasteiger partial charge is 0.189 e. The Hall–Kier alpha value is -1.59. The van der Waals surface area contributed by atoms with Crippen molar-refractivity contribution in [1.29, 1.82) is 0 Å². The van der Waals surface area contributed by atoms with Crippen LogP contribution < -0.4 is 11.1 Å². The average Bonchev–Trinajstić information content (AvgIpc) is 2.55. The van der Waals surface area contributed by atoms with Crippen molar-refractivity contribution in [1.82, 2.24) is 10.2 Å². The third kappa shape index (κ3) is 5.31. The molecule has 1 fully saturated rings. The van der Waals surface area contributed by atoms with Crippen molar-refractivity contribution >= 4 is 5.96 Å². The molecule has 22 heavy (non-hydrogen) atoms. The van der Waals surface area contributed by atoms with E-state index in [0.717, 1.165) is 39.3 Å². The lowest BCUT2D eigenvalue weighted by Gasteiger charge is -2.27. The third-order valence-corrected chi connectivity index (χ3v) is 4.04. The van der Waals surface area contributed by atoms with Gasteiger partial charge in [0.1, 0.15) is 0 Å².